The largest absolute Gasteiger partial charge is 0.392 e. The van der Waals surface area contributed by atoms with E-state index in [0.29, 0.717) is 12.2 Å². The number of aliphatic hydroxyl groups excluding tert-OH is 1. The molecule has 0 saturated carbocycles. The third kappa shape index (κ3) is 6.99. The van der Waals surface area contributed by atoms with Gasteiger partial charge in [0.1, 0.15) is 0 Å². The Hall–Kier alpha value is -0.900. The average molecular weight is 157 g/mol. The average Bonchev–Trinajstić information content (AvgIpc) is 1.82. The lowest BCUT2D eigenvalue weighted by molar-refractivity contribution is 0.139. The van der Waals surface area contributed by atoms with Gasteiger partial charge in [0.15, 0.2) is 0 Å². The molecule has 1 atom stereocenters. The maximum absolute atomic E-state index is 8.92. The standard InChI is InChI=1S/C7H15N3O/c1-6(2)8-9-10(4)5-7(3)11/h7,11H,1,5H2,2-4H3/b9-8-. The van der Waals surface area contributed by atoms with Crippen molar-refractivity contribution in [3.63, 3.8) is 0 Å². The number of rotatable bonds is 4. The van der Waals surface area contributed by atoms with Gasteiger partial charge < -0.3 is 5.11 Å². The van der Waals surface area contributed by atoms with E-state index in [1.807, 2.05) is 0 Å². The van der Waals surface area contributed by atoms with Crippen molar-refractivity contribution >= 4 is 0 Å². The fourth-order valence-corrected chi connectivity index (χ4v) is 0.572. The number of likely N-dealkylation sites (N-methyl/N-ethyl adjacent to an activating group) is 1. The second-order valence-electron chi connectivity index (χ2n) is 2.61. The van der Waals surface area contributed by atoms with Crippen LogP contribution in [0.1, 0.15) is 13.8 Å². The van der Waals surface area contributed by atoms with Crippen LogP contribution in [0.25, 0.3) is 0 Å². The Labute approximate surface area is 67.2 Å². The maximum atomic E-state index is 8.92. The van der Waals surface area contributed by atoms with Gasteiger partial charge in [-0.05, 0) is 13.8 Å². The van der Waals surface area contributed by atoms with Crippen LogP contribution in [0.5, 0.6) is 0 Å². The predicted octanol–water partition coefficient (Wildman–Crippen LogP) is 1.20. The zero-order valence-corrected chi connectivity index (χ0v) is 7.28. The van der Waals surface area contributed by atoms with Crippen LogP contribution >= 0.6 is 0 Å². The maximum Gasteiger partial charge on any atom is 0.0704 e. The van der Waals surface area contributed by atoms with Crippen LogP contribution in [-0.2, 0) is 0 Å². The predicted molar refractivity (Wildman–Crippen MR) is 44.0 cm³/mol. The Morgan fingerprint density at radius 3 is 2.64 bits per heavy atom. The quantitative estimate of drug-likeness (QED) is 0.492. The van der Waals surface area contributed by atoms with E-state index in [-0.39, 0.29) is 6.10 Å². The van der Waals surface area contributed by atoms with Crippen LogP contribution in [0.3, 0.4) is 0 Å². The smallest absolute Gasteiger partial charge is 0.0704 e. The second-order valence-corrected chi connectivity index (χ2v) is 2.61. The van der Waals surface area contributed by atoms with Gasteiger partial charge in [-0.2, -0.15) is 0 Å². The number of nitrogens with zero attached hydrogens (tertiary/aromatic N) is 3. The van der Waals surface area contributed by atoms with Crippen molar-refractivity contribution < 1.29 is 5.11 Å². The molecular weight excluding hydrogens is 142 g/mol. The first-order chi connectivity index (χ1) is 5.02. The van der Waals surface area contributed by atoms with E-state index in [0.717, 1.165) is 0 Å². The van der Waals surface area contributed by atoms with Crippen LogP contribution in [0, 0.1) is 0 Å². The molecule has 0 aliphatic carbocycles. The highest BCUT2D eigenvalue weighted by atomic mass is 16.3. The third-order valence-corrected chi connectivity index (χ3v) is 0.897. The van der Waals surface area contributed by atoms with Crippen molar-refractivity contribution in [2.45, 2.75) is 20.0 Å². The summed E-state index contributed by atoms with van der Waals surface area (Å²) in [6.45, 7) is 7.50. The number of aliphatic hydroxyl groups is 1. The Bertz CT molecular complexity index is 154. The third-order valence-electron chi connectivity index (χ3n) is 0.897. The minimum absolute atomic E-state index is 0.385. The highest BCUT2D eigenvalue weighted by Gasteiger charge is 1.98. The summed E-state index contributed by atoms with van der Waals surface area (Å²) < 4.78 is 0. The van der Waals surface area contributed by atoms with Crippen LogP contribution in [0.4, 0.5) is 0 Å². The molecule has 0 spiro atoms. The summed E-state index contributed by atoms with van der Waals surface area (Å²) in [4.78, 5) is 0. The van der Waals surface area contributed by atoms with E-state index in [1.165, 1.54) is 0 Å². The van der Waals surface area contributed by atoms with Crippen LogP contribution in [0.15, 0.2) is 22.6 Å². The molecule has 0 aromatic carbocycles. The fraction of sp³-hybridized carbons (Fsp3) is 0.714. The molecule has 0 radical (unpaired) electrons. The lowest BCUT2D eigenvalue weighted by Gasteiger charge is -2.12. The van der Waals surface area contributed by atoms with Gasteiger partial charge in [0.05, 0.1) is 18.3 Å². The Kier molecular flexibility index (Phi) is 4.45. The topological polar surface area (TPSA) is 48.2 Å². The van der Waals surface area contributed by atoms with E-state index in [4.69, 9.17) is 5.11 Å². The van der Waals surface area contributed by atoms with Crippen molar-refractivity contribution in [2.24, 2.45) is 10.3 Å². The van der Waals surface area contributed by atoms with Crippen molar-refractivity contribution in [3.8, 4) is 0 Å². The summed E-state index contributed by atoms with van der Waals surface area (Å²) in [6, 6.07) is 0. The van der Waals surface area contributed by atoms with E-state index >= 15 is 0 Å². The minimum Gasteiger partial charge on any atom is -0.392 e. The molecule has 0 aliphatic heterocycles. The summed E-state index contributed by atoms with van der Waals surface area (Å²) >= 11 is 0. The Morgan fingerprint density at radius 1 is 1.73 bits per heavy atom. The van der Waals surface area contributed by atoms with Gasteiger partial charge in [0, 0.05) is 7.05 Å². The summed E-state index contributed by atoms with van der Waals surface area (Å²) in [5, 5.41) is 18.0. The van der Waals surface area contributed by atoms with E-state index in [1.54, 1.807) is 25.9 Å². The second kappa shape index (κ2) is 4.85. The van der Waals surface area contributed by atoms with Crippen LogP contribution in [-0.4, -0.2) is 29.8 Å². The minimum atomic E-state index is -0.385. The number of hydrogen-bond donors (Lipinski definition) is 1. The normalized spacial score (nSPS) is 13.5. The summed E-state index contributed by atoms with van der Waals surface area (Å²) in [5.74, 6) is 0. The van der Waals surface area contributed by atoms with Crippen molar-refractivity contribution in [3.05, 3.63) is 12.3 Å². The molecule has 0 aliphatic rings. The molecule has 0 bridgehead atoms. The highest BCUT2D eigenvalue weighted by Crippen LogP contribution is 1.94. The SMILES string of the molecule is C=C(C)/N=N\N(C)CC(C)O. The zero-order valence-electron chi connectivity index (χ0n) is 7.28. The van der Waals surface area contributed by atoms with Gasteiger partial charge in [0.2, 0.25) is 0 Å². The van der Waals surface area contributed by atoms with Gasteiger partial charge in [-0.3, -0.25) is 5.01 Å². The molecule has 0 fully saturated rings. The van der Waals surface area contributed by atoms with E-state index in [2.05, 4.69) is 16.9 Å². The van der Waals surface area contributed by atoms with E-state index < -0.39 is 0 Å². The lowest BCUT2D eigenvalue weighted by Crippen LogP contribution is -2.21. The molecule has 1 N–H and O–H groups in total. The molecule has 0 saturated heterocycles. The van der Waals surface area contributed by atoms with Gasteiger partial charge in [0.25, 0.3) is 0 Å². The van der Waals surface area contributed by atoms with Crippen LogP contribution in [0.2, 0.25) is 0 Å². The molecule has 4 nitrogen and oxygen atoms in total. The van der Waals surface area contributed by atoms with Crippen molar-refractivity contribution in [1.82, 2.24) is 5.01 Å². The summed E-state index contributed by atoms with van der Waals surface area (Å²) in [5.41, 5.74) is 0.655. The number of allylic oxidation sites excluding steroid dienone is 1. The van der Waals surface area contributed by atoms with E-state index in [9.17, 15) is 0 Å². The summed E-state index contributed by atoms with van der Waals surface area (Å²) in [7, 11) is 1.75. The number of hydrogen-bond acceptors (Lipinski definition) is 3. The van der Waals surface area contributed by atoms with Crippen molar-refractivity contribution in [2.75, 3.05) is 13.6 Å². The molecule has 0 heterocycles. The van der Waals surface area contributed by atoms with Gasteiger partial charge >= 0.3 is 0 Å². The van der Waals surface area contributed by atoms with Gasteiger partial charge in [-0.15, -0.1) is 5.11 Å². The molecular formula is C7H15N3O. The van der Waals surface area contributed by atoms with Gasteiger partial charge in [-0.1, -0.05) is 11.8 Å². The monoisotopic (exact) mass is 157 g/mol. The molecule has 0 amide bonds. The first-order valence-corrected chi connectivity index (χ1v) is 3.48. The Balaban J connectivity index is 3.68. The molecule has 0 aromatic heterocycles. The first kappa shape index (κ1) is 10.1. The molecule has 4 heteroatoms. The fourth-order valence-electron chi connectivity index (χ4n) is 0.572. The first-order valence-electron chi connectivity index (χ1n) is 3.48. The van der Waals surface area contributed by atoms with Gasteiger partial charge in [-0.25, -0.2) is 0 Å². The summed E-state index contributed by atoms with van der Waals surface area (Å²) in [6.07, 6.45) is -0.385. The molecule has 0 rings (SSSR count). The highest BCUT2D eigenvalue weighted by molar-refractivity contribution is 4.81. The molecule has 64 valence electrons. The lowest BCUT2D eigenvalue weighted by atomic mass is 10.4. The Morgan fingerprint density at radius 2 is 2.27 bits per heavy atom. The molecule has 11 heavy (non-hydrogen) atoms. The van der Waals surface area contributed by atoms with Crippen molar-refractivity contribution in [1.29, 1.82) is 0 Å². The molecule has 0 aromatic rings. The zero-order chi connectivity index (χ0) is 8.85. The van der Waals surface area contributed by atoms with Crippen LogP contribution < -0.4 is 0 Å². The molecule has 1 unspecified atom stereocenters.